The molecule has 2 aromatic rings. The van der Waals surface area contributed by atoms with E-state index in [0.29, 0.717) is 28.0 Å². The predicted molar refractivity (Wildman–Crippen MR) is 103 cm³/mol. The topological polar surface area (TPSA) is 50.7 Å². The number of amidine groups is 1. The van der Waals surface area contributed by atoms with Crippen molar-refractivity contribution in [1.82, 2.24) is 0 Å². The second kappa shape index (κ2) is 7.35. The maximum atomic E-state index is 11.9. The van der Waals surface area contributed by atoms with Crippen LogP contribution in [0, 0.1) is 0 Å². The van der Waals surface area contributed by atoms with Crippen LogP contribution in [-0.4, -0.2) is 18.4 Å². The summed E-state index contributed by atoms with van der Waals surface area (Å²) in [4.78, 5) is 17.0. The van der Waals surface area contributed by atoms with Crippen molar-refractivity contribution in [2.75, 3.05) is 11.9 Å². The van der Waals surface area contributed by atoms with Crippen LogP contribution < -0.4 is 5.32 Å². The number of anilines is 1. The summed E-state index contributed by atoms with van der Waals surface area (Å²) in [7, 11) is 0. The SMILES string of the molecule is CCOC(=O)c1cc2c(s1)NC(Cc1ccc(Cl)c(Cl)c1)=NC2S. The van der Waals surface area contributed by atoms with E-state index >= 15 is 0 Å². The average Bonchev–Trinajstić information content (AvgIpc) is 2.96. The number of carbonyl (C=O) groups excluding carboxylic acids is 1. The summed E-state index contributed by atoms with van der Waals surface area (Å²) >= 11 is 17.9. The van der Waals surface area contributed by atoms with E-state index in [9.17, 15) is 4.79 Å². The summed E-state index contributed by atoms with van der Waals surface area (Å²) < 4.78 is 5.04. The smallest absolute Gasteiger partial charge is 0.348 e. The van der Waals surface area contributed by atoms with Gasteiger partial charge in [-0.2, -0.15) is 0 Å². The minimum Gasteiger partial charge on any atom is -0.462 e. The molecule has 1 aromatic carbocycles. The highest BCUT2D eigenvalue weighted by Crippen LogP contribution is 2.39. The van der Waals surface area contributed by atoms with Gasteiger partial charge in [-0.15, -0.1) is 24.0 Å². The maximum Gasteiger partial charge on any atom is 0.348 e. The van der Waals surface area contributed by atoms with Crippen LogP contribution >= 0.6 is 47.2 Å². The van der Waals surface area contributed by atoms with Gasteiger partial charge in [-0.05, 0) is 30.7 Å². The van der Waals surface area contributed by atoms with Crippen LogP contribution in [0.15, 0.2) is 29.3 Å². The fourth-order valence-corrected chi connectivity index (χ4v) is 4.07. The third kappa shape index (κ3) is 3.72. The first kappa shape index (κ1) is 17.6. The normalized spacial score (nSPS) is 16.2. The van der Waals surface area contributed by atoms with Crippen LogP contribution in [0.2, 0.25) is 10.0 Å². The Labute approximate surface area is 159 Å². The monoisotopic (exact) mass is 400 g/mol. The summed E-state index contributed by atoms with van der Waals surface area (Å²) in [6, 6.07) is 7.26. The van der Waals surface area contributed by atoms with Gasteiger partial charge in [-0.3, -0.25) is 4.99 Å². The fourth-order valence-electron chi connectivity index (χ4n) is 2.31. The van der Waals surface area contributed by atoms with E-state index in [2.05, 4.69) is 22.9 Å². The quantitative estimate of drug-likeness (QED) is 0.545. The molecule has 0 amide bonds. The Morgan fingerprint density at radius 1 is 1.38 bits per heavy atom. The number of rotatable bonds is 4. The number of hydrogen-bond acceptors (Lipinski definition) is 6. The Bertz CT molecular complexity index is 820. The average molecular weight is 401 g/mol. The van der Waals surface area contributed by atoms with E-state index in [1.807, 2.05) is 12.1 Å². The third-order valence-corrected chi connectivity index (χ3v) is 5.59. The van der Waals surface area contributed by atoms with Crippen molar-refractivity contribution in [3.63, 3.8) is 0 Å². The van der Waals surface area contributed by atoms with Gasteiger partial charge in [0.1, 0.15) is 21.1 Å². The molecule has 0 fully saturated rings. The van der Waals surface area contributed by atoms with E-state index in [1.165, 1.54) is 11.3 Å². The number of thiophene rings is 1. The van der Waals surface area contributed by atoms with E-state index in [1.54, 1.807) is 19.1 Å². The molecule has 8 heteroatoms. The fraction of sp³-hybridized carbons (Fsp3) is 0.250. The van der Waals surface area contributed by atoms with Crippen LogP contribution in [0.5, 0.6) is 0 Å². The Hall–Kier alpha value is -1.21. The third-order valence-electron chi connectivity index (χ3n) is 3.41. The predicted octanol–water partition coefficient (Wildman–Crippen LogP) is 5.23. The molecular weight excluding hydrogens is 387 g/mol. The summed E-state index contributed by atoms with van der Waals surface area (Å²) in [5.41, 5.74) is 1.87. The molecule has 1 aliphatic rings. The maximum absolute atomic E-state index is 11.9. The molecule has 126 valence electrons. The zero-order chi connectivity index (χ0) is 17.3. The molecule has 1 atom stereocenters. The van der Waals surface area contributed by atoms with Crippen LogP contribution in [-0.2, 0) is 11.2 Å². The van der Waals surface area contributed by atoms with E-state index in [4.69, 9.17) is 27.9 Å². The molecule has 1 aliphatic heterocycles. The van der Waals surface area contributed by atoms with Crippen LogP contribution in [0.25, 0.3) is 0 Å². The Balaban J connectivity index is 1.79. The van der Waals surface area contributed by atoms with Crippen LogP contribution in [0.4, 0.5) is 5.00 Å². The molecule has 0 radical (unpaired) electrons. The largest absolute Gasteiger partial charge is 0.462 e. The summed E-state index contributed by atoms with van der Waals surface area (Å²) in [6.07, 6.45) is 0.569. The Kier molecular flexibility index (Phi) is 5.39. The summed E-state index contributed by atoms with van der Waals surface area (Å²) in [5, 5.41) is 4.83. The Morgan fingerprint density at radius 2 is 2.17 bits per heavy atom. The molecule has 1 N–H and O–H groups in total. The molecule has 0 saturated carbocycles. The first-order valence-corrected chi connectivity index (χ1v) is 9.33. The minimum absolute atomic E-state index is 0.321. The molecule has 1 unspecified atom stereocenters. The number of benzene rings is 1. The van der Waals surface area contributed by atoms with Crippen molar-refractivity contribution >= 4 is 64.0 Å². The van der Waals surface area contributed by atoms with Crippen molar-refractivity contribution in [3.05, 3.63) is 50.3 Å². The zero-order valence-corrected chi connectivity index (χ0v) is 15.9. The number of aliphatic imine (C=N–C) groups is 1. The van der Waals surface area contributed by atoms with Gasteiger partial charge in [0.25, 0.3) is 0 Å². The van der Waals surface area contributed by atoms with Crippen molar-refractivity contribution in [1.29, 1.82) is 0 Å². The van der Waals surface area contributed by atoms with Gasteiger partial charge in [0.05, 0.1) is 16.7 Å². The van der Waals surface area contributed by atoms with E-state index in [0.717, 1.165) is 22.0 Å². The highest BCUT2D eigenvalue weighted by atomic mass is 35.5. The highest BCUT2D eigenvalue weighted by Gasteiger charge is 2.24. The molecule has 0 spiro atoms. The second-order valence-electron chi connectivity index (χ2n) is 5.12. The molecule has 0 saturated heterocycles. The molecule has 3 rings (SSSR count). The number of carbonyl (C=O) groups is 1. The van der Waals surface area contributed by atoms with Crippen molar-refractivity contribution in [2.24, 2.45) is 4.99 Å². The van der Waals surface area contributed by atoms with Gasteiger partial charge in [0, 0.05) is 12.0 Å². The number of thiol groups is 1. The highest BCUT2D eigenvalue weighted by molar-refractivity contribution is 7.80. The van der Waals surface area contributed by atoms with E-state index < -0.39 is 0 Å². The van der Waals surface area contributed by atoms with Gasteiger partial charge in [-0.25, -0.2) is 4.79 Å². The van der Waals surface area contributed by atoms with Crippen molar-refractivity contribution in [2.45, 2.75) is 18.7 Å². The van der Waals surface area contributed by atoms with Crippen molar-refractivity contribution < 1.29 is 9.53 Å². The first-order valence-electron chi connectivity index (χ1n) is 7.24. The van der Waals surface area contributed by atoms with Crippen LogP contribution in [0.3, 0.4) is 0 Å². The molecule has 2 heterocycles. The van der Waals surface area contributed by atoms with Gasteiger partial charge >= 0.3 is 5.97 Å². The number of ether oxygens (including phenoxy) is 1. The molecule has 24 heavy (non-hydrogen) atoms. The minimum atomic E-state index is -0.328. The van der Waals surface area contributed by atoms with Crippen molar-refractivity contribution in [3.8, 4) is 0 Å². The molecule has 0 bridgehead atoms. The van der Waals surface area contributed by atoms with E-state index in [-0.39, 0.29) is 11.3 Å². The van der Waals surface area contributed by atoms with Gasteiger partial charge in [0.15, 0.2) is 0 Å². The second-order valence-corrected chi connectivity index (χ2v) is 7.47. The lowest BCUT2D eigenvalue weighted by Gasteiger charge is -2.19. The number of hydrogen-bond donors (Lipinski definition) is 2. The lowest BCUT2D eigenvalue weighted by atomic mass is 10.1. The molecule has 4 nitrogen and oxygen atoms in total. The first-order chi connectivity index (χ1) is 11.5. The van der Waals surface area contributed by atoms with Gasteiger partial charge in [-0.1, -0.05) is 29.3 Å². The number of nitrogens with one attached hydrogen (secondary N) is 1. The summed E-state index contributed by atoms with van der Waals surface area (Å²) in [6.45, 7) is 2.13. The standard InChI is InChI=1S/C16H14Cl2N2O2S2/c1-2-22-16(21)12-7-9-14(23)19-13(20-15(9)24-12)6-8-3-4-10(17)11(18)5-8/h3-5,7,14,23H,2,6H2,1H3,(H,19,20). The summed E-state index contributed by atoms with van der Waals surface area (Å²) in [5.74, 6) is 0.434. The van der Waals surface area contributed by atoms with Gasteiger partial charge in [0.2, 0.25) is 0 Å². The molecule has 1 aromatic heterocycles. The number of fused-ring (bicyclic) bond motifs is 1. The lowest BCUT2D eigenvalue weighted by molar-refractivity contribution is 0.0532. The lowest BCUT2D eigenvalue weighted by Crippen LogP contribution is -2.19. The number of nitrogens with zero attached hydrogens (tertiary/aromatic N) is 1. The van der Waals surface area contributed by atoms with Crippen LogP contribution in [0.1, 0.15) is 33.1 Å². The molecular formula is C16H14Cl2N2O2S2. The molecule has 0 aliphatic carbocycles. The number of esters is 1. The Morgan fingerprint density at radius 3 is 2.88 bits per heavy atom. The number of halogens is 2. The zero-order valence-electron chi connectivity index (χ0n) is 12.7. The van der Waals surface area contributed by atoms with Gasteiger partial charge < -0.3 is 10.1 Å².